The Morgan fingerprint density at radius 1 is 1.03 bits per heavy atom. The van der Waals surface area contributed by atoms with Crippen molar-refractivity contribution in [3.05, 3.63) is 75.8 Å². The largest absolute Gasteiger partial charge is 0.486 e. The minimum absolute atomic E-state index is 0.0394. The predicted octanol–water partition coefficient (Wildman–Crippen LogP) is 4.94. The molecule has 0 amide bonds. The highest BCUT2D eigenvalue weighted by Gasteiger charge is 2.29. The molecule has 38 heavy (non-hydrogen) atoms. The first-order valence-electron chi connectivity index (χ1n) is 13.7. The van der Waals surface area contributed by atoms with Gasteiger partial charge in [0.1, 0.15) is 13.2 Å². The second-order valence-electron chi connectivity index (χ2n) is 10.3. The van der Waals surface area contributed by atoms with E-state index in [4.69, 9.17) is 9.47 Å². The lowest BCUT2D eigenvalue weighted by Crippen LogP contribution is -2.33. The molecule has 9 nitrogen and oxygen atoms in total. The van der Waals surface area contributed by atoms with E-state index in [0.717, 1.165) is 36.0 Å². The molecule has 0 spiro atoms. The number of ether oxygens (including phenoxy) is 2. The van der Waals surface area contributed by atoms with Gasteiger partial charge >= 0.3 is 0 Å². The Morgan fingerprint density at radius 3 is 2.55 bits per heavy atom. The maximum atomic E-state index is 13.3. The van der Waals surface area contributed by atoms with E-state index >= 15 is 0 Å². The number of hydrogen-bond donors (Lipinski definition) is 1. The average Bonchev–Trinajstić information content (AvgIpc) is 3.43. The molecular weight excluding hydrogens is 480 g/mol. The number of benzene rings is 2. The van der Waals surface area contributed by atoms with Crippen LogP contribution in [0.1, 0.15) is 74.5 Å². The van der Waals surface area contributed by atoms with Gasteiger partial charge in [-0.3, -0.25) is 9.69 Å². The van der Waals surface area contributed by atoms with Crippen molar-refractivity contribution < 1.29 is 9.47 Å². The summed E-state index contributed by atoms with van der Waals surface area (Å²) in [6.45, 7) is 4.33. The first-order valence-corrected chi connectivity index (χ1v) is 13.7. The Labute approximate surface area is 221 Å². The van der Waals surface area contributed by atoms with Crippen molar-refractivity contribution in [3.8, 4) is 11.5 Å². The van der Waals surface area contributed by atoms with Crippen LogP contribution in [0.4, 0.5) is 0 Å². The Bertz CT molecular complexity index is 1440. The standard InChI is InChI=1S/C29H34N6O3/c1-2-25(28-31-32-33-35(28)23-11-7-4-8-12-23)34(18-20-9-5-3-6-10-20)19-22-15-21-16-26-27(38-14-13-37-26)17-24(21)30-29(22)36/h3,5-6,9-10,15-17,23,25H,2,4,7-8,11-14,18-19H2,1H3,(H,30,36). The molecule has 1 atom stereocenters. The third kappa shape index (κ3) is 5.03. The van der Waals surface area contributed by atoms with Crippen LogP contribution in [0.25, 0.3) is 10.9 Å². The van der Waals surface area contributed by atoms with Crippen molar-refractivity contribution in [2.75, 3.05) is 13.2 Å². The van der Waals surface area contributed by atoms with Crippen molar-refractivity contribution in [1.29, 1.82) is 0 Å². The number of aromatic amines is 1. The number of nitrogens with zero attached hydrogens (tertiary/aromatic N) is 5. The summed E-state index contributed by atoms with van der Waals surface area (Å²) in [5.41, 5.74) is 2.51. The molecule has 1 N–H and O–H groups in total. The molecule has 6 rings (SSSR count). The highest BCUT2D eigenvalue weighted by atomic mass is 16.6. The van der Waals surface area contributed by atoms with Crippen LogP contribution in [-0.2, 0) is 13.1 Å². The van der Waals surface area contributed by atoms with E-state index in [0.29, 0.717) is 49.4 Å². The molecule has 2 aromatic carbocycles. The van der Waals surface area contributed by atoms with Gasteiger partial charge in [0, 0.05) is 30.1 Å². The zero-order valence-electron chi connectivity index (χ0n) is 21.8. The molecule has 1 fully saturated rings. The number of fused-ring (bicyclic) bond motifs is 2. The van der Waals surface area contributed by atoms with Crippen molar-refractivity contribution >= 4 is 10.9 Å². The molecule has 2 aromatic heterocycles. The topological polar surface area (TPSA) is 98.2 Å². The second-order valence-corrected chi connectivity index (χ2v) is 10.3. The number of nitrogens with one attached hydrogen (secondary N) is 1. The molecule has 3 heterocycles. The van der Waals surface area contributed by atoms with E-state index in [2.05, 4.69) is 61.3 Å². The van der Waals surface area contributed by atoms with Gasteiger partial charge in [-0.15, -0.1) is 5.10 Å². The van der Waals surface area contributed by atoms with Gasteiger partial charge in [-0.25, -0.2) is 4.68 Å². The van der Waals surface area contributed by atoms with Gasteiger partial charge in [0.2, 0.25) is 0 Å². The molecule has 1 saturated carbocycles. The number of aromatic nitrogens is 5. The zero-order valence-corrected chi connectivity index (χ0v) is 21.8. The lowest BCUT2D eigenvalue weighted by Gasteiger charge is -2.32. The molecular formula is C29H34N6O3. The van der Waals surface area contributed by atoms with Gasteiger partial charge in [-0.05, 0) is 47.4 Å². The maximum Gasteiger partial charge on any atom is 0.252 e. The molecule has 4 aromatic rings. The molecule has 198 valence electrons. The van der Waals surface area contributed by atoms with Crippen molar-refractivity contribution in [3.63, 3.8) is 0 Å². The van der Waals surface area contributed by atoms with Crippen molar-refractivity contribution in [2.45, 2.75) is 70.6 Å². The van der Waals surface area contributed by atoms with E-state index in [1.165, 1.54) is 24.8 Å². The smallest absolute Gasteiger partial charge is 0.252 e. The maximum absolute atomic E-state index is 13.3. The zero-order chi connectivity index (χ0) is 25.9. The Kier molecular flexibility index (Phi) is 7.09. The van der Waals surface area contributed by atoms with E-state index in [9.17, 15) is 4.79 Å². The molecule has 1 aliphatic carbocycles. The van der Waals surface area contributed by atoms with E-state index < -0.39 is 0 Å². The van der Waals surface area contributed by atoms with Crippen molar-refractivity contribution in [2.24, 2.45) is 0 Å². The van der Waals surface area contributed by atoms with Crippen LogP contribution in [0.2, 0.25) is 0 Å². The number of pyridine rings is 1. The molecule has 0 saturated heterocycles. The number of rotatable bonds is 8. The van der Waals surface area contributed by atoms with Gasteiger partial charge in [-0.2, -0.15) is 0 Å². The number of H-pyrrole nitrogens is 1. The fourth-order valence-corrected chi connectivity index (χ4v) is 5.83. The van der Waals surface area contributed by atoms with Crippen LogP contribution in [0, 0.1) is 0 Å². The number of hydrogen-bond acceptors (Lipinski definition) is 7. The first kappa shape index (κ1) is 24.6. The third-order valence-corrected chi connectivity index (χ3v) is 7.75. The SMILES string of the molecule is CCC(c1nnnn1C1CCCCC1)N(Cc1ccccc1)Cc1cc2cc3c(cc2[nH]c1=O)OCCO3. The minimum Gasteiger partial charge on any atom is -0.486 e. The molecule has 1 unspecified atom stereocenters. The van der Waals surface area contributed by atoms with E-state index in [1.54, 1.807) is 0 Å². The number of tetrazole rings is 1. The van der Waals surface area contributed by atoms with E-state index in [1.807, 2.05) is 24.3 Å². The van der Waals surface area contributed by atoms with Gasteiger partial charge in [0.15, 0.2) is 17.3 Å². The molecule has 1 aliphatic heterocycles. The predicted molar refractivity (Wildman–Crippen MR) is 144 cm³/mol. The third-order valence-electron chi connectivity index (χ3n) is 7.75. The summed E-state index contributed by atoms with van der Waals surface area (Å²) < 4.78 is 13.5. The van der Waals surface area contributed by atoms with Crippen LogP contribution >= 0.6 is 0 Å². The van der Waals surface area contributed by atoms with Gasteiger partial charge in [-0.1, -0.05) is 56.5 Å². The van der Waals surface area contributed by atoms with Crippen LogP contribution in [0.15, 0.2) is 53.3 Å². The van der Waals surface area contributed by atoms with Gasteiger partial charge in [0.05, 0.1) is 17.6 Å². The minimum atomic E-state index is -0.103. The first-order chi connectivity index (χ1) is 18.7. The summed E-state index contributed by atoms with van der Waals surface area (Å²) in [7, 11) is 0. The summed E-state index contributed by atoms with van der Waals surface area (Å²) >= 11 is 0. The van der Waals surface area contributed by atoms with Crippen LogP contribution in [0.5, 0.6) is 11.5 Å². The summed E-state index contributed by atoms with van der Waals surface area (Å²) in [4.78, 5) is 18.7. The van der Waals surface area contributed by atoms with E-state index in [-0.39, 0.29) is 11.6 Å². The fraction of sp³-hybridized carbons (Fsp3) is 0.448. The van der Waals surface area contributed by atoms with Gasteiger partial charge in [0.25, 0.3) is 5.56 Å². The lowest BCUT2D eigenvalue weighted by molar-refractivity contribution is 0.155. The Hall–Kier alpha value is -3.72. The lowest BCUT2D eigenvalue weighted by atomic mass is 9.95. The molecule has 0 bridgehead atoms. The van der Waals surface area contributed by atoms with Crippen molar-refractivity contribution in [1.82, 2.24) is 30.1 Å². The summed E-state index contributed by atoms with van der Waals surface area (Å²) in [6.07, 6.45) is 6.72. The quantitative estimate of drug-likeness (QED) is 0.355. The van der Waals surface area contributed by atoms with Gasteiger partial charge < -0.3 is 14.5 Å². The highest BCUT2D eigenvalue weighted by molar-refractivity contribution is 5.83. The molecule has 2 aliphatic rings. The average molecular weight is 515 g/mol. The Balaban J connectivity index is 1.37. The Morgan fingerprint density at radius 2 is 1.79 bits per heavy atom. The molecule has 9 heteroatoms. The van der Waals surface area contributed by atoms with Crippen LogP contribution < -0.4 is 15.0 Å². The molecule has 0 radical (unpaired) electrons. The van der Waals surface area contributed by atoms with Crippen LogP contribution in [0.3, 0.4) is 0 Å². The monoisotopic (exact) mass is 514 g/mol. The summed E-state index contributed by atoms with van der Waals surface area (Å²) in [6, 6.07) is 16.4. The summed E-state index contributed by atoms with van der Waals surface area (Å²) in [5.74, 6) is 2.26. The van der Waals surface area contributed by atoms with Crippen LogP contribution in [-0.4, -0.2) is 43.3 Å². The fourth-order valence-electron chi connectivity index (χ4n) is 5.83. The summed E-state index contributed by atoms with van der Waals surface area (Å²) in [5, 5.41) is 14.0. The second kappa shape index (κ2) is 10.9. The normalized spacial score (nSPS) is 16.7. The highest BCUT2D eigenvalue weighted by Crippen LogP contribution is 2.35.